The second-order valence-corrected chi connectivity index (χ2v) is 7.42. The Bertz CT molecular complexity index is 874. The number of pyridine rings is 1. The van der Waals surface area contributed by atoms with Crippen molar-refractivity contribution < 1.29 is 0 Å². The molecule has 0 spiro atoms. The molecule has 3 aromatic rings. The summed E-state index contributed by atoms with van der Waals surface area (Å²) in [4.78, 5) is 17.5. The van der Waals surface area contributed by atoms with E-state index < -0.39 is 0 Å². The fraction of sp³-hybridized carbons (Fsp3) is 0.375. The van der Waals surface area contributed by atoms with Crippen LogP contribution in [0, 0.1) is 6.92 Å². The van der Waals surface area contributed by atoms with Gasteiger partial charge in [0, 0.05) is 18.4 Å². The van der Waals surface area contributed by atoms with E-state index in [1.807, 2.05) is 37.1 Å². The Morgan fingerprint density at radius 2 is 2.29 bits per heavy atom. The number of thioether (sulfide) groups is 1. The molecule has 0 radical (unpaired) electrons. The van der Waals surface area contributed by atoms with Gasteiger partial charge in [0.25, 0.3) is 0 Å². The fourth-order valence-corrected chi connectivity index (χ4v) is 4.32. The zero-order valence-corrected chi connectivity index (χ0v) is 14.8. The van der Waals surface area contributed by atoms with Crippen molar-refractivity contribution in [1.82, 2.24) is 24.5 Å². The fourth-order valence-electron chi connectivity index (χ4n) is 2.90. The van der Waals surface area contributed by atoms with Crippen molar-refractivity contribution in [2.24, 2.45) is 0 Å². The SMILES string of the molecule is Cc1cc(CNc2nc(Cl)nc3c2ncn3[C@H]2CCCS2)ccn1. The van der Waals surface area contributed by atoms with Crippen LogP contribution < -0.4 is 5.32 Å². The van der Waals surface area contributed by atoms with Crippen LogP contribution in [0.3, 0.4) is 0 Å². The smallest absolute Gasteiger partial charge is 0.226 e. The second kappa shape index (κ2) is 6.57. The second-order valence-electron chi connectivity index (χ2n) is 5.79. The van der Waals surface area contributed by atoms with Crippen LogP contribution in [-0.4, -0.2) is 30.3 Å². The van der Waals surface area contributed by atoms with E-state index >= 15 is 0 Å². The molecule has 4 heterocycles. The van der Waals surface area contributed by atoms with Gasteiger partial charge in [0.05, 0.1) is 11.7 Å². The van der Waals surface area contributed by atoms with Crippen molar-refractivity contribution in [3.63, 3.8) is 0 Å². The molecular weight excluding hydrogens is 344 g/mol. The summed E-state index contributed by atoms with van der Waals surface area (Å²) in [5.74, 6) is 1.84. The van der Waals surface area contributed by atoms with Crippen molar-refractivity contribution >= 4 is 40.3 Å². The molecule has 0 aromatic carbocycles. The van der Waals surface area contributed by atoms with E-state index in [-0.39, 0.29) is 5.28 Å². The Kier molecular flexibility index (Phi) is 4.28. The maximum Gasteiger partial charge on any atom is 0.226 e. The van der Waals surface area contributed by atoms with Crippen LogP contribution in [0.4, 0.5) is 5.82 Å². The number of anilines is 1. The van der Waals surface area contributed by atoms with Crippen molar-refractivity contribution in [2.45, 2.75) is 31.7 Å². The van der Waals surface area contributed by atoms with Crippen molar-refractivity contribution in [3.05, 3.63) is 41.2 Å². The monoisotopic (exact) mass is 360 g/mol. The lowest BCUT2D eigenvalue weighted by atomic mass is 10.2. The van der Waals surface area contributed by atoms with Gasteiger partial charge in [-0.2, -0.15) is 9.97 Å². The normalized spacial score (nSPS) is 17.5. The van der Waals surface area contributed by atoms with E-state index in [1.165, 1.54) is 12.2 Å². The first-order valence-corrected chi connectivity index (χ1v) is 9.30. The molecule has 1 fully saturated rings. The van der Waals surface area contributed by atoms with E-state index in [2.05, 4.69) is 29.8 Å². The Balaban J connectivity index is 1.65. The summed E-state index contributed by atoms with van der Waals surface area (Å²) in [7, 11) is 0. The lowest BCUT2D eigenvalue weighted by Crippen LogP contribution is -2.05. The maximum absolute atomic E-state index is 6.15. The number of nitrogens with one attached hydrogen (secondary N) is 1. The zero-order valence-electron chi connectivity index (χ0n) is 13.2. The molecule has 3 aromatic heterocycles. The lowest BCUT2D eigenvalue weighted by Gasteiger charge is -2.11. The quantitative estimate of drug-likeness (QED) is 0.713. The van der Waals surface area contributed by atoms with Gasteiger partial charge in [0.2, 0.25) is 5.28 Å². The third kappa shape index (κ3) is 3.06. The third-order valence-electron chi connectivity index (χ3n) is 4.03. The van der Waals surface area contributed by atoms with Crippen LogP contribution in [0.25, 0.3) is 11.2 Å². The highest BCUT2D eigenvalue weighted by Crippen LogP contribution is 2.37. The summed E-state index contributed by atoms with van der Waals surface area (Å²) in [6.45, 7) is 2.61. The summed E-state index contributed by atoms with van der Waals surface area (Å²) >= 11 is 8.08. The number of imidazole rings is 1. The Labute approximate surface area is 149 Å². The van der Waals surface area contributed by atoms with Gasteiger partial charge in [-0.05, 0) is 54.8 Å². The summed E-state index contributed by atoms with van der Waals surface area (Å²) in [5, 5.41) is 3.95. The molecular formula is C16H17ClN6S. The molecule has 1 saturated heterocycles. The minimum absolute atomic E-state index is 0.237. The van der Waals surface area contributed by atoms with E-state index in [1.54, 1.807) is 6.20 Å². The molecule has 0 amide bonds. The molecule has 124 valence electrons. The first kappa shape index (κ1) is 15.7. The van der Waals surface area contributed by atoms with E-state index in [4.69, 9.17) is 11.6 Å². The topological polar surface area (TPSA) is 68.5 Å². The van der Waals surface area contributed by atoms with Crippen molar-refractivity contribution in [2.75, 3.05) is 11.1 Å². The van der Waals surface area contributed by atoms with Crippen LogP contribution >= 0.6 is 23.4 Å². The van der Waals surface area contributed by atoms with Crippen LogP contribution in [0.5, 0.6) is 0 Å². The molecule has 0 aliphatic carbocycles. The molecule has 1 aliphatic rings. The molecule has 1 atom stereocenters. The minimum atomic E-state index is 0.237. The summed E-state index contributed by atoms with van der Waals surface area (Å²) in [6, 6.07) is 4.02. The predicted molar refractivity (Wildman–Crippen MR) is 97.4 cm³/mol. The number of aryl methyl sites for hydroxylation is 1. The predicted octanol–water partition coefficient (Wildman–Crippen LogP) is 3.82. The summed E-state index contributed by atoms with van der Waals surface area (Å²) in [5.41, 5.74) is 3.68. The van der Waals surface area contributed by atoms with Crippen molar-refractivity contribution in [1.29, 1.82) is 0 Å². The van der Waals surface area contributed by atoms with Gasteiger partial charge in [-0.1, -0.05) is 0 Å². The number of hydrogen-bond acceptors (Lipinski definition) is 6. The summed E-state index contributed by atoms with van der Waals surface area (Å²) < 4.78 is 2.11. The highest BCUT2D eigenvalue weighted by Gasteiger charge is 2.22. The number of nitrogens with zero attached hydrogens (tertiary/aromatic N) is 5. The maximum atomic E-state index is 6.15. The van der Waals surface area contributed by atoms with Crippen molar-refractivity contribution in [3.8, 4) is 0 Å². The van der Waals surface area contributed by atoms with Gasteiger partial charge in [-0.15, -0.1) is 11.8 Å². The third-order valence-corrected chi connectivity index (χ3v) is 5.57. The van der Waals surface area contributed by atoms with Gasteiger partial charge in [-0.25, -0.2) is 4.98 Å². The number of hydrogen-bond donors (Lipinski definition) is 1. The van der Waals surface area contributed by atoms with Crippen LogP contribution in [0.15, 0.2) is 24.7 Å². The average Bonchev–Trinajstić information content (AvgIpc) is 3.21. The molecule has 0 bridgehead atoms. The Morgan fingerprint density at radius 3 is 3.08 bits per heavy atom. The van der Waals surface area contributed by atoms with Crippen LogP contribution in [0.1, 0.15) is 29.5 Å². The molecule has 1 aliphatic heterocycles. The number of aromatic nitrogens is 5. The number of halogens is 1. The average molecular weight is 361 g/mol. The highest BCUT2D eigenvalue weighted by molar-refractivity contribution is 7.99. The lowest BCUT2D eigenvalue weighted by molar-refractivity contribution is 0.654. The molecule has 4 rings (SSSR count). The van der Waals surface area contributed by atoms with Crippen LogP contribution in [-0.2, 0) is 6.54 Å². The van der Waals surface area contributed by atoms with Gasteiger partial charge in [0.1, 0.15) is 0 Å². The van der Waals surface area contributed by atoms with E-state index in [0.29, 0.717) is 17.7 Å². The zero-order chi connectivity index (χ0) is 16.5. The molecule has 24 heavy (non-hydrogen) atoms. The highest BCUT2D eigenvalue weighted by atomic mass is 35.5. The Hall–Kier alpha value is -1.86. The minimum Gasteiger partial charge on any atom is -0.364 e. The Morgan fingerprint density at radius 1 is 1.38 bits per heavy atom. The summed E-state index contributed by atoms with van der Waals surface area (Å²) in [6.07, 6.45) is 6.01. The van der Waals surface area contributed by atoms with Gasteiger partial charge in [0.15, 0.2) is 17.0 Å². The molecule has 8 heteroatoms. The first-order valence-electron chi connectivity index (χ1n) is 7.88. The van der Waals surface area contributed by atoms with Gasteiger partial charge < -0.3 is 9.88 Å². The number of rotatable bonds is 4. The van der Waals surface area contributed by atoms with E-state index in [0.717, 1.165) is 28.8 Å². The molecule has 1 N–H and O–H groups in total. The van der Waals surface area contributed by atoms with Crippen LogP contribution in [0.2, 0.25) is 5.28 Å². The molecule has 6 nitrogen and oxygen atoms in total. The van der Waals surface area contributed by atoms with Gasteiger partial charge >= 0.3 is 0 Å². The number of fused-ring (bicyclic) bond motifs is 1. The standard InChI is InChI=1S/C16H17ClN6S/c1-10-7-11(4-5-18-10)8-19-14-13-15(22-16(17)21-14)23(9-20-13)12-3-2-6-24-12/h4-5,7,9,12H,2-3,6,8H2,1H3,(H,19,21,22)/t12-/m1/s1. The molecule has 0 saturated carbocycles. The first-order chi connectivity index (χ1) is 11.7. The molecule has 0 unspecified atom stereocenters. The largest absolute Gasteiger partial charge is 0.364 e. The van der Waals surface area contributed by atoms with E-state index in [9.17, 15) is 0 Å². The van der Waals surface area contributed by atoms with Gasteiger partial charge in [-0.3, -0.25) is 4.98 Å².